The van der Waals surface area contributed by atoms with Crippen LogP contribution in [0.15, 0.2) is 24.3 Å². The topological polar surface area (TPSA) is 21.3 Å². The Balaban J connectivity index is 2.53. The average Bonchev–Trinajstić information content (AvgIpc) is 2.04. The van der Waals surface area contributed by atoms with Crippen LogP contribution in [-0.2, 0) is 0 Å². The van der Waals surface area contributed by atoms with Crippen LogP contribution in [0, 0.1) is 6.92 Å². The van der Waals surface area contributed by atoms with Crippen molar-refractivity contribution in [2.24, 2.45) is 0 Å². The van der Waals surface area contributed by atoms with Crippen LogP contribution < -0.4 is 10.1 Å². The number of hydrogen-bond acceptors (Lipinski definition) is 2. The first kappa shape index (κ1) is 10.1. The summed E-state index contributed by atoms with van der Waals surface area (Å²) < 4.78 is 5.67. The monoisotopic (exact) mass is 179 g/mol. The van der Waals surface area contributed by atoms with Crippen molar-refractivity contribution in [3.8, 4) is 5.75 Å². The lowest BCUT2D eigenvalue weighted by Crippen LogP contribution is -2.25. The molecule has 0 fully saturated rings. The van der Waals surface area contributed by atoms with Gasteiger partial charge in [0.25, 0.3) is 0 Å². The summed E-state index contributed by atoms with van der Waals surface area (Å²) in [5, 5.41) is 3.08. The van der Waals surface area contributed by atoms with Crippen LogP contribution in [0.3, 0.4) is 0 Å². The molecule has 0 aliphatic heterocycles. The van der Waals surface area contributed by atoms with Gasteiger partial charge in [0.1, 0.15) is 11.9 Å². The molecule has 0 radical (unpaired) electrons. The number of rotatable bonds is 4. The van der Waals surface area contributed by atoms with Crippen LogP contribution >= 0.6 is 0 Å². The van der Waals surface area contributed by atoms with E-state index >= 15 is 0 Å². The molecule has 13 heavy (non-hydrogen) atoms. The molecule has 1 N–H and O–H groups in total. The highest BCUT2D eigenvalue weighted by molar-refractivity contribution is 5.27. The highest BCUT2D eigenvalue weighted by Crippen LogP contribution is 2.13. The van der Waals surface area contributed by atoms with Gasteiger partial charge < -0.3 is 10.1 Å². The van der Waals surface area contributed by atoms with Gasteiger partial charge in [-0.1, -0.05) is 12.1 Å². The molecule has 0 saturated heterocycles. The van der Waals surface area contributed by atoms with Crippen LogP contribution in [-0.4, -0.2) is 19.7 Å². The van der Waals surface area contributed by atoms with Gasteiger partial charge in [-0.15, -0.1) is 0 Å². The molecule has 0 amide bonds. The van der Waals surface area contributed by atoms with E-state index in [9.17, 15) is 0 Å². The predicted octanol–water partition coefficient (Wildman–Crippen LogP) is 1.98. The first-order valence-electron chi connectivity index (χ1n) is 4.60. The van der Waals surface area contributed by atoms with E-state index in [-0.39, 0.29) is 6.10 Å². The van der Waals surface area contributed by atoms with Gasteiger partial charge in [0.15, 0.2) is 0 Å². The molecule has 72 valence electrons. The van der Waals surface area contributed by atoms with Crippen LogP contribution in [0.25, 0.3) is 0 Å². The highest BCUT2D eigenvalue weighted by atomic mass is 16.5. The Labute approximate surface area is 79.9 Å². The third-order valence-corrected chi connectivity index (χ3v) is 1.82. The van der Waals surface area contributed by atoms with Crippen molar-refractivity contribution in [2.45, 2.75) is 20.0 Å². The van der Waals surface area contributed by atoms with Crippen molar-refractivity contribution < 1.29 is 4.74 Å². The normalized spacial score (nSPS) is 12.5. The standard InChI is InChI=1S/C11H17NO/c1-9-5-4-6-11(7-9)13-10(2)8-12-3/h4-7,10,12H,8H2,1-3H3. The van der Waals surface area contributed by atoms with Crippen LogP contribution in [0.2, 0.25) is 0 Å². The minimum absolute atomic E-state index is 0.215. The second-order valence-electron chi connectivity index (χ2n) is 3.30. The fraction of sp³-hybridized carbons (Fsp3) is 0.455. The summed E-state index contributed by atoms with van der Waals surface area (Å²) >= 11 is 0. The van der Waals surface area contributed by atoms with Gasteiger partial charge in [-0.2, -0.15) is 0 Å². The number of aryl methyl sites for hydroxylation is 1. The van der Waals surface area contributed by atoms with E-state index in [1.807, 2.05) is 25.2 Å². The first-order valence-corrected chi connectivity index (χ1v) is 4.60. The summed E-state index contributed by atoms with van der Waals surface area (Å²) in [5.74, 6) is 0.947. The average molecular weight is 179 g/mol. The second-order valence-corrected chi connectivity index (χ2v) is 3.30. The molecule has 0 bridgehead atoms. The Morgan fingerprint density at radius 1 is 1.46 bits per heavy atom. The van der Waals surface area contributed by atoms with Crippen molar-refractivity contribution in [3.05, 3.63) is 29.8 Å². The molecule has 0 heterocycles. The van der Waals surface area contributed by atoms with Crippen LogP contribution in [0.5, 0.6) is 5.75 Å². The smallest absolute Gasteiger partial charge is 0.120 e. The lowest BCUT2D eigenvalue weighted by atomic mass is 10.2. The number of likely N-dealkylation sites (N-methyl/N-ethyl adjacent to an activating group) is 1. The Kier molecular flexibility index (Phi) is 3.77. The highest BCUT2D eigenvalue weighted by Gasteiger charge is 2.01. The molecule has 1 rings (SSSR count). The summed E-state index contributed by atoms with van der Waals surface area (Å²) in [7, 11) is 1.93. The molecule has 0 aromatic heterocycles. The minimum atomic E-state index is 0.215. The van der Waals surface area contributed by atoms with E-state index in [1.165, 1.54) is 5.56 Å². The zero-order chi connectivity index (χ0) is 9.68. The summed E-state index contributed by atoms with van der Waals surface area (Å²) in [5.41, 5.74) is 1.23. The summed E-state index contributed by atoms with van der Waals surface area (Å²) in [6.45, 7) is 4.99. The van der Waals surface area contributed by atoms with Gasteiger partial charge in [-0.3, -0.25) is 0 Å². The van der Waals surface area contributed by atoms with E-state index in [1.54, 1.807) is 0 Å². The fourth-order valence-corrected chi connectivity index (χ4v) is 1.25. The maximum absolute atomic E-state index is 5.67. The molecule has 0 aliphatic carbocycles. The third kappa shape index (κ3) is 3.47. The van der Waals surface area contributed by atoms with E-state index < -0.39 is 0 Å². The zero-order valence-corrected chi connectivity index (χ0v) is 8.50. The van der Waals surface area contributed by atoms with Crippen molar-refractivity contribution in [2.75, 3.05) is 13.6 Å². The molecular formula is C11H17NO. The quantitative estimate of drug-likeness (QED) is 0.763. The van der Waals surface area contributed by atoms with Crippen LogP contribution in [0.4, 0.5) is 0 Å². The molecule has 2 nitrogen and oxygen atoms in total. The molecule has 1 aromatic rings. The largest absolute Gasteiger partial charge is 0.489 e. The molecule has 1 unspecified atom stereocenters. The Morgan fingerprint density at radius 2 is 2.23 bits per heavy atom. The number of benzene rings is 1. The number of ether oxygens (including phenoxy) is 1. The molecule has 1 atom stereocenters. The Bertz CT molecular complexity index is 260. The van der Waals surface area contributed by atoms with Gasteiger partial charge in [-0.05, 0) is 38.6 Å². The van der Waals surface area contributed by atoms with Crippen molar-refractivity contribution >= 4 is 0 Å². The van der Waals surface area contributed by atoms with E-state index in [0.717, 1.165) is 12.3 Å². The predicted molar refractivity (Wildman–Crippen MR) is 55.2 cm³/mol. The second kappa shape index (κ2) is 4.87. The lowest BCUT2D eigenvalue weighted by molar-refractivity contribution is 0.220. The SMILES string of the molecule is CNCC(C)Oc1cccc(C)c1. The van der Waals surface area contributed by atoms with Crippen molar-refractivity contribution in [1.82, 2.24) is 5.32 Å². The number of hydrogen-bond donors (Lipinski definition) is 1. The molecule has 1 aromatic carbocycles. The first-order chi connectivity index (χ1) is 6.22. The Hall–Kier alpha value is -1.02. The molecule has 0 saturated carbocycles. The summed E-state index contributed by atoms with van der Waals surface area (Å²) in [4.78, 5) is 0. The van der Waals surface area contributed by atoms with Gasteiger partial charge in [0.2, 0.25) is 0 Å². The zero-order valence-electron chi connectivity index (χ0n) is 8.50. The third-order valence-electron chi connectivity index (χ3n) is 1.82. The molecule has 2 heteroatoms. The van der Waals surface area contributed by atoms with Gasteiger partial charge >= 0.3 is 0 Å². The summed E-state index contributed by atoms with van der Waals surface area (Å²) in [6, 6.07) is 8.11. The fourth-order valence-electron chi connectivity index (χ4n) is 1.25. The van der Waals surface area contributed by atoms with E-state index in [0.29, 0.717) is 0 Å². The molecule has 0 aliphatic rings. The minimum Gasteiger partial charge on any atom is -0.489 e. The molecular weight excluding hydrogens is 162 g/mol. The van der Waals surface area contributed by atoms with Gasteiger partial charge in [0.05, 0.1) is 0 Å². The number of nitrogens with one attached hydrogen (secondary N) is 1. The van der Waals surface area contributed by atoms with Gasteiger partial charge in [0, 0.05) is 6.54 Å². The maximum atomic E-state index is 5.67. The van der Waals surface area contributed by atoms with E-state index in [2.05, 4.69) is 25.2 Å². The molecule has 0 spiro atoms. The van der Waals surface area contributed by atoms with Crippen molar-refractivity contribution in [3.63, 3.8) is 0 Å². The van der Waals surface area contributed by atoms with Crippen LogP contribution in [0.1, 0.15) is 12.5 Å². The van der Waals surface area contributed by atoms with Crippen molar-refractivity contribution in [1.29, 1.82) is 0 Å². The Morgan fingerprint density at radius 3 is 2.85 bits per heavy atom. The summed E-state index contributed by atoms with van der Waals surface area (Å²) in [6.07, 6.45) is 0.215. The maximum Gasteiger partial charge on any atom is 0.120 e. The lowest BCUT2D eigenvalue weighted by Gasteiger charge is -2.14. The van der Waals surface area contributed by atoms with E-state index in [4.69, 9.17) is 4.74 Å². The van der Waals surface area contributed by atoms with Gasteiger partial charge in [-0.25, -0.2) is 0 Å².